The van der Waals surface area contributed by atoms with E-state index in [0.29, 0.717) is 10.9 Å². The zero-order chi connectivity index (χ0) is 16.2. The molecule has 0 bridgehead atoms. The van der Waals surface area contributed by atoms with Crippen molar-refractivity contribution in [3.63, 3.8) is 0 Å². The number of pyridine rings is 1. The maximum Gasteiger partial charge on any atom is 0.228 e. The Morgan fingerprint density at radius 2 is 1.78 bits per heavy atom. The van der Waals surface area contributed by atoms with Crippen molar-refractivity contribution in [3.8, 4) is 0 Å². The summed E-state index contributed by atoms with van der Waals surface area (Å²) in [5.41, 5.74) is 0.760. The monoisotopic (exact) mass is 327 g/mol. The minimum atomic E-state index is -4.01. The number of para-hydroxylation sites is 1. The lowest BCUT2D eigenvalue weighted by Gasteiger charge is -2.04. The Kier molecular flexibility index (Phi) is 2.80. The topological polar surface area (TPSA) is 67.3 Å². The highest BCUT2D eigenvalue weighted by atomic mass is 32.2. The van der Waals surface area contributed by atoms with E-state index in [1.807, 2.05) is 0 Å². The summed E-state index contributed by atoms with van der Waals surface area (Å²) in [5, 5.41) is 10.9. The molecule has 4 rings (SSSR count). The van der Waals surface area contributed by atoms with Gasteiger partial charge in [-0.3, -0.25) is 0 Å². The number of fused-ring (bicyclic) bond motifs is 2. The van der Waals surface area contributed by atoms with Crippen LogP contribution in [0.25, 0.3) is 21.6 Å². The number of hydrogen-bond acceptors (Lipinski definition) is 4. The van der Waals surface area contributed by atoms with Crippen LogP contribution in [0.3, 0.4) is 0 Å². The van der Waals surface area contributed by atoms with Gasteiger partial charge in [0.05, 0.1) is 11.1 Å². The Morgan fingerprint density at radius 1 is 1.00 bits per heavy atom. The molecule has 4 nitrogen and oxygen atoms in total. The van der Waals surface area contributed by atoms with Gasteiger partial charge in [0.15, 0.2) is 5.03 Å². The lowest BCUT2D eigenvalue weighted by molar-refractivity contribution is 0.513. The molecule has 0 fully saturated rings. The highest BCUT2D eigenvalue weighted by Crippen LogP contribution is 2.43. The van der Waals surface area contributed by atoms with Crippen molar-refractivity contribution in [2.45, 2.75) is 5.03 Å². The zero-order valence-corrected chi connectivity index (χ0v) is 12.5. The van der Waals surface area contributed by atoms with Gasteiger partial charge in [-0.15, -0.1) is 0 Å². The molecule has 0 amide bonds. The number of benzene rings is 2. The molecule has 2 aromatic carbocycles. The second kappa shape index (κ2) is 4.63. The van der Waals surface area contributed by atoms with E-state index in [4.69, 9.17) is 0 Å². The number of rotatable bonds is 1. The number of aliphatic hydroxyl groups excluding tert-OH is 1. The van der Waals surface area contributed by atoms with Crippen LogP contribution in [0, 0.1) is 5.82 Å². The minimum Gasteiger partial charge on any atom is -0.506 e. The highest BCUT2D eigenvalue weighted by molar-refractivity contribution is 8.01. The normalized spacial score (nSPS) is 15.9. The molecular formula is C17H10FNO3S. The Morgan fingerprint density at radius 3 is 2.57 bits per heavy atom. The van der Waals surface area contributed by atoms with Crippen LogP contribution in [0.2, 0.25) is 0 Å². The molecule has 1 N–H and O–H groups in total. The minimum absolute atomic E-state index is 0.101. The van der Waals surface area contributed by atoms with E-state index in [1.165, 1.54) is 18.2 Å². The van der Waals surface area contributed by atoms with Gasteiger partial charge >= 0.3 is 0 Å². The average molecular weight is 327 g/mol. The number of nitrogens with zero attached hydrogens (tertiary/aromatic N) is 1. The number of hydrogen-bond donors (Lipinski definition) is 1. The van der Waals surface area contributed by atoms with Crippen molar-refractivity contribution in [2.75, 3.05) is 0 Å². The molecule has 0 saturated heterocycles. The zero-order valence-electron chi connectivity index (χ0n) is 11.7. The van der Waals surface area contributed by atoms with E-state index in [9.17, 15) is 17.9 Å². The number of sulfone groups is 1. The van der Waals surface area contributed by atoms with Crippen LogP contribution in [0.5, 0.6) is 0 Å². The van der Waals surface area contributed by atoms with Gasteiger partial charge in [-0.2, -0.15) is 0 Å². The first kappa shape index (κ1) is 13.9. The fourth-order valence-electron chi connectivity index (χ4n) is 2.74. The highest BCUT2D eigenvalue weighted by Gasteiger charge is 2.38. The second-order valence-electron chi connectivity index (χ2n) is 5.23. The van der Waals surface area contributed by atoms with E-state index in [1.54, 1.807) is 30.3 Å². The van der Waals surface area contributed by atoms with Crippen molar-refractivity contribution in [2.24, 2.45) is 0 Å². The number of aliphatic hydroxyl groups is 1. The summed E-state index contributed by atoms with van der Waals surface area (Å²) in [6.07, 6.45) is 0. The van der Waals surface area contributed by atoms with Gasteiger partial charge in [0.25, 0.3) is 0 Å². The van der Waals surface area contributed by atoms with Crippen LogP contribution in [0.4, 0.5) is 4.39 Å². The molecule has 1 aliphatic rings. The van der Waals surface area contributed by atoms with Gasteiger partial charge in [-0.05, 0) is 24.3 Å². The van der Waals surface area contributed by atoms with Gasteiger partial charge in [-0.25, -0.2) is 17.8 Å². The number of halogens is 1. The fourth-order valence-corrected chi connectivity index (χ4v) is 4.40. The Labute approximate surface area is 131 Å². The van der Waals surface area contributed by atoms with Gasteiger partial charge in [-0.1, -0.05) is 30.3 Å². The molecule has 2 heterocycles. The first-order valence-corrected chi connectivity index (χ1v) is 8.31. The molecule has 0 spiro atoms. The SMILES string of the molecule is O=S1(=O)C(c2cccc(F)c2)=C(O)c2cc3ccccc3nc21. The van der Waals surface area contributed by atoms with E-state index in [0.717, 1.165) is 6.07 Å². The molecule has 114 valence electrons. The molecule has 0 aliphatic carbocycles. The van der Waals surface area contributed by atoms with Gasteiger partial charge in [0.2, 0.25) is 9.84 Å². The third-order valence-corrected chi connectivity index (χ3v) is 5.56. The summed E-state index contributed by atoms with van der Waals surface area (Å²) < 4.78 is 38.9. The lowest BCUT2D eigenvalue weighted by Crippen LogP contribution is -2.03. The van der Waals surface area contributed by atoms with Crippen molar-refractivity contribution in [3.05, 3.63) is 71.5 Å². The summed E-state index contributed by atoms with van der Waals surface area (Å²) in [7, 11) is -4.01. The van der Waals surface area contributed by atoms with Crippen molar-refractivity contribution < 1.29 is 17.9 Å². The molecule has 0 radical (unpaired) electrons. The predicted molar refractivity (Wildman–Crippen MR) is 84.8 cm³/mol. The number of aromatic nitrogens is 1. The summed E-state index contributed by atoms with van der Waals surface area (Å²) in [6.45, 7) is 0. The third-order valence-electron chi connectivity index (χ3n) is 3.77. The molecule has 1 aliphatic heterocycles. The van der Waals surface area contributed by atoms with Gasteiger partial charge < -0.3 is 5.11 Å². The smallest absolute Gasteiger partial charge is 0.228 e. The van der Waals surface area contributed by atoms with Crippen LogP contribution >= 0.6 is 0 Å². The van der Waals surface area contributed by atoms with Crippen LogP contribution < -0.4 is 0 Å². The summed E-state index contributed by atoms with van der Waals surface area (Å²) in [4.78, 5) is 3.86. The van der Waals surface area contributed by atoms with Crippen molar-refractivity contribution >= 4 is 31.4 Å². The molecule has 23 heavy (non-hydrogen) atoms. The summed E-state index contributed by atoms with van der Waals surface area (Å²) in [5.74, 6) is -0.976. The van der Waals surface area contributed by atoms with Crippen LogP contribution in [0.15, 0.2) is 59.6 Å². The quantitative estimate of drug-likeness (QED) is 0.742. The lowest BCUT2D eigenvalue weighted by atomic mass is 10.1. The van der Waals surface area contributed by atoms with E-state index in [-0.39, 0.29) is 21.1 Å². The van der Waals surface area contributed by atoms with Crippen molar-refractivity contribution in [1.29, 1.82) is 0 Å². The van der Waals surface area contributed by atoms with Gasteiger partial charge in [0, 0.05) is 10.9 Å². The van der Waals surface area contributed by atoms with E-state index < -0.39 is 21.4 Å². The second-order valence-corrected chi connectivity index (χ2v) is 7.03. The molecule has 3 aromatic rings. The predicted octanol–water partition coefficient (Wildman–Crippen LogP) is 3.55. The van der Waals surface area contributed by atoms with Crippen LogP contribution in [-0.2, 0) is 9.84 Å². The Hall–Kier alpha value is -2.73. The van der Waals surface area contributed by atoms with Crippen molar-refractivity contribution in [1.82, 2.24) is 4.98 Å². The maximum atomic E-state index is 13.4. The average Bonchev–Trinajstić information content (AvgIpc) is 2.72. The van der Waals surface area contributed by atoms with Gasteiger partial charge in [0.1, 0.15) is 16.5 Å². The molecule has 6 heteroatoms. The fraction of sp³-hybridized carbons (Fsp3) is 0. The van der Waals surface area contributed by atoms with Crippen LogP contribution in [-0.4, -0.2) is 18.5 Å². The molecule has 0 atom stereocenters. The Bertz CT molecular complexity index is 1100. The third kappa shape index (κ3) is 1.95. The molecule has 0 unspecified atom stereocenters. The standard InChI is InChI=1S/C17H10FNO3S/c18-12-6-3-5-11(8-12)16-15(20)13-9-10-4-1-2-7-14(10)19-17(13)23(16,21)22/h1-9,20H. The van der Waals surface area contributed by atoms with E-state index in [2.05, 4.69) is 4.98 Å². The molecule has 1 aromatic heterocycles. The van der Waals surface area contributed by atoms with Crippen LogP contribution in [0.1, 0.15) is 11.1 Å². The Balaban J connectivity index is 2.05. The molecule has 0 saturated carbocycles. The largest absolute Gasteiger partial charge is 0.506 e. The summed E-state index contributed by atoms with van der Waals surface area (Å²) >= 11 is 0. The summed E-state index contributed by atoms with van der Waals surface area (Å²) in [6, 6.07) is 13.7. The van der Waals surface area contributed by atoms with E-state index >= 15 is 0 Å². The first-order valence-electron chi connectivity index (χ1n) is 6.83. The maximum absolute atomic E-state index is 13.4. The molecular weight excluding hydrogens is 317 g/mol. The first-order chi connectivity index (χ1) is 11.0.